The van der Waals surface area contributed by atoms with Gasteiger partial charge in [-0.25, -0.2) is 0 Å². The first kappa shape index (κ1) is 13.9. The summed E-state index contributed by atoms with van der Waals surface area (Å²) in [5.74, 6) is 0.491. The standard InChI is InChI=1S/C19H20Cl2/c20-18-10-4-9-16(19(18)21)15-8-3-7-14-13-6-2-1-5-12(13)11-17(14)15/h4,9-10,15H,1-3,5-8,11H2. The summed E-state index contributed by atoms with van der Waals surface area (Å²) < 4.78 is 0. The molecule has 21 heavy (non-hydrogen) atoms. The molecule has 1 aromatic rings. The lowest BCUT2D eigenvalue weighted by Crippen LogP contribution is -2.10. The molecule has 0 saturated carbocycles. The van der Waals surface area contributed by atoms with Gasteiger partial charge in [0.25, 0.3) is 0 Å². The maximum Gasteiger partial charge on any atom is 0.0630 e. The van der Waals surface area contributed by atoms with Gasteiger partial charge in [0, 0.05) is 5.92 Å². The van der Waals surface area contributed by atoms with E-state index in [0.29, 0.717) is 10.9 Å². The van der Waals surface area contributed by atoms with Crippen LogP contribution in [-0.4, -0.2) is 0 Å². The smallest absolute Gasteiger partial charge is 0.0630 e. The summed E-state index contributed by atoms with van der Waals surface area (Å²) in [7, 11) is 0. The average molecular weight is 319 g/mol. The Hall–Kier alpha value is -0.720. The number of hydrogen-bond acceptors (Lipinski definition) is 0. The van der Waals surface area contributed by atoms with Crippen LogP contribution in [0.15, 0.2) is 40.5 Å². The molecule has 0 fully saturated rings. The van der Waals surface area contributed by atoms with Gasteiger partial charge >= 0.3 is 0 Å². The van der Waals surface area contributed by atoms with E-state index in [2.05, 4.69) is 6.07 Å². The molecule has 0 N–H and O–H groups in total. The van der Waals surface area contributed by atoms with Gasteiger partial charge < -0.3 is 0 Å². The maximum atomic E-state index is 6.50. The number of halogens is 2. The van der Waals surface area contributed by atoms with Crippen molar-refractivity contribution in [3.05, 3.63) is 56.1 Å². The second kappa shape index (κ2) is 5.48. The van der Waals surface area contributed by atoms with Crippen molar-refractivity contribution in [3.8, 4) is 0 Å². The van der Waals surface area contributed by atoms with Gasteiger partial charge in [0.15, 0.2) is 0 Å². The van der Waals surface area contributed by atoms with Crippen molar-refractivity contribution in [2.24, 2.45) is 0 Å². The van der Waals surface area contributed by atoms with E-state index in [1.165, 1.54) is 56.9 Å². The van der Waals surface area contributed by atoms with E-state index in [9.17, 15) is 0 Å². The first-order valence-electron chi connectivity index (χ1n) is 8.13. The Morgan fingerprint density at radius 1 is 0.905 bits per heavy atom. The van der Waals surface area contributed by atoms with Crippen LogP contribution in [-0.2, 0) is 0 Å². The van der Waals surface area contributed by atoms with E-state index in [0.717, 1.165) is 5.02 Å². The molecule has 1 unspecified atom stereocenters. The van der Waals surface area contributed by atoms with Crippen LogP contribution in [0.1, 0.15) is 62.8 Å². The van der Waals surface area contributed by atoms with Crippen LogP contribution in [0.5, 0.6) is 0 Å². The number of fused-ring (bicyclic) bond motifs is 1. The van der Waals surface area contributed by atoms with Crippen LogP contribution in [0.2, 0.25) is 10.0 Å². The number of benzene rings is 1. The zero-order valence-electron chi connectivity index (χ0n) is 12.2. The van der Waals surface area contributed by atoms with Crippen molar-refractivity contribution in [1.29, 1.82) is 0 Å². The van der Waals surface area contributed by atoms with E-state index in [1.54, 1.807) is 22.3 Å². The first-order chi connectivity index (χ1) is 10.3. The van der Waals surface area contributed by atoms with Crippen LogP contribution >= 0.6 is 23.2 Å². The molecule has 1 aromatic carbocycles. The second-order valence-electron chi connectivity index (χ2n) is 6.56. The number of rotatable bonds is 1. The van der Waals surface area contributed by atoms with Gasteiger partial charge in [-0.3, -0.25) is 0 Å². The molecule has 0 saturated heterocycles. The van der Waals surface area contributed by atoms with Crippen molar-refractivity contribution >= 4 is 23.2 Å². The van der Waals surface area contributed by atoms with Gasteiger partial charge in [-0.05, 0) is 74.1 Å². The van der Waals surface area contributed by atoms with E-state index in [1.807, 2.05) is 12.1 Å². The average Bonchev–Trinajstić information content (AvgIpc) is 2.89. The molecular weight excluding hydrogens is 299 g/mol. The van der Waals surface area contributed by atoms with Gasteiger partial charge in [0.05, 0.1) is 10.0 Å². The molecule has 0 nitrogen and oxygen atoms in total. The molecule has 0 bridgehead atoms. The highest BCUT2D eigenvalue weighted by atomic mass is 35.5. The van der Waals surface area contributed by atoms with Crippen molar-refractivity contribution < 1.29 is 0 Å². The molecule has 0 spiro atoms. The fourth-order valence-corrected chi connectivity index (χ4v) is 4.93. The molecule has 3 aliphatic carbocycles. The molecule has 0 amide bonds. The minimum atomic E-state index is 0.491. The van der Waals surface area contributed by atoms with Crippen molar-refractivity contribution in [3.63, 3.8) is 0 Å². The Morgan fingerprint density at radius 2 is 1.71 bits per heavy atom. The summed E-state index contributed by atoms with van der Waals surface area (Å²) in [4.78, 5) is 0. The van der Waals surface area contributed by atoms with Crippen molar-refractivity contribution in [2.75, 3.05) is 0 Å². The third-order valence-electron chi connectivity index (χ3n) is 5.43. The fourth-order valence-electron chi connectivity index (χ4n) is 4.49. The van der Waals surface area contributed by atoms with Crippen LogP contribution in [0.25, 0.3) is 0 Å². The zero-order valence-corrected chi connectivity index (χ0v) is 13.7. The zero-order chi connectivity index (χ0) is 14.4. The van der Waals surface area contributed by atoms with Gasteiger partial charge in [-0.1, -0.05) is 46.5 Å². The summed E-state index contributed by atoms with van der Waals surface area (Å²) in [6.45, 7) is 0. The van der Waals surface area contributed by atoms with Gasteiger partial charge in [-0.15, -0.1) is 0 Å². The SMILES string of the molecule is Clc1cccc(C2CCCC3=C2CC2=C3CCCC2)c1Cl. The Labute approximate surface area is 136 Å². The molecule has 0 radical (unpaired) electrons. The maximum absolute atomic E-state index is 6.50. The van der Waals surface area contributed by atoms with Crippen LogP contribution < -0.4 is 0 Å². The minimum Gasteiger partial charge on any atom is -0.0827 e. The largest absolute Gasteiger partial charge is 0.0827 e. The molecule has 1 atom stereocenters. The number of hydrogen-bond donors (Lipinski definition) is 0. The lowest BCUT2D eigenvalue weighted by atomic mass is 9.78. The molecule has 0 heterocycles. The van der Waals surface area contributed by atoms with Crippen molar-refractivity contribution in [2.45, 2.75) is 57.3 Å². The highest BCUT2D eigenvalue weighted by Crippen LogP contribution is 2.52. The van der Waals surface area contributed by atoms with Gasteiger partial charge in [0.2, 0.25) is 0 Å². The lowest BCUT2D eigenvalue weighted by Gasteiger charge is -2.27. The number of allylic oxidation sites excluding steroid dienone is 4. The quantitative estimate of drug-likeness (QED) is 0.532. The molecule has 0 aliphatic heterocycles. The lowest BCUT2D eigenvalue weighted by molar-refractivity contribution is 0.601. The predicted molar refractivity (Wildman–Crippen MR) is 90.2 cm³/mol. The fraction of sp³-hybridized carbons (Fsp3) is 0.474. The Bertz CT molecular complexity index is 652. The van der Waals surface area contributed by atoms with Gasteiger partial charge in [0.1, 0.15) is 0 Å². The van der Waals surface area contributed by atoms with Crippen molar-refractivity contribution in [1.82, 2.24) is 0 Å². The Kier molecular flexibility index (Phi) is 3.63. The summed E-state index contributed by atoms with van der Waals surface area (Å²) in [5, 5.41) is 1.46. The Balaban J connectivity index is 1.75. The third-order valence-corrected chi connectivity index (χ3v) is 6.27. The van der Waals surface area contributed by atoms with Gasteiger partial charge in [-0.2, -0.15) is 0 Å². The summed E-state index contributed by atoms with van der Waals surface area (Å²) in [5.41, 5.74) is 8.06. The highest BCUT2D eigenvalue weighted by Gasteiger charge is 2.34. The molecule has 4 rings (SSSR count). The highest BCUT2D eigenvalue weighted by molar-refractivity contribution is 6.42. The normalized spacial score (nSPS) is 25.1. The third kappa shape index (κ3) is 2.28. The minimum absolute atomic E-state index is 0.491. The molecular formula is C19H20Cl2. The Morgan fingerprint density at radius 3 is 2.62 bits per heavy atom. The molecule has 110 valence electrons. The summed E-state index contributed by atoms with van der Waals surface area (Å²) >= 11 is 12.7. The van der Waals surface area contributed by atoms with E-state index < -0.39 is 0 Å². The first-order valence-corrected chi connectivity index (χ1v) is 8.88. The predicted octanol–water partition coefficient (Wildman–Crippen LogP) is 6.83. The summed E-state index contributed by atoms with van der Waals surface area (Å²) in [6.07, 6.45) is 10.4. The van der Waals surface area contributed by atoms with Crippen LogP contribution in [0, 0.1) is 0 Å². The molecule has 3 aliphatic rings. The molecule has 2 heteroatoms. The van der Waals surface area contributed by atoms with Crippen LogP contribution in [0.4, 0.5) is 0 Å². The van der Waals surface area contributed by atoms with Crippen LogP contribution in [0.3, 0.4) is 0 Å². The monoisotopic (exact) mass is 318 g/mol. The topological polar surface area (TPSA) is 0 Å². The van der Waals surface area contributed by atoms with E-state index >= 15 is 0 Å². The molecule has 0 aromatic heterocycles. The van der Waals surface area contributed by atoms with E-state index in [4.69, 9.17) is 23.2 Å². The second-order valence-corrected chi connectivity index (χ2v) is 7.34. The summed E-state index contributed by atoms with van der Waals surface area (Å²) in [6, 6.07) is 6.11. The van der Waals surface area contributed by atoms with E-state index in [-0.39, 0.29) is 0 Å².